The summed E-state index contributed by atoms with van der Waals surface area (Å²) in [6, 6.07) is 6.12. The maximum atomic E-state index is 13.8. The molecule has 112 valence electrons. The van der Waals surface area contributed by atoms with E-state index >= 15 is 0 Å². The molecular formula is C18H20F2O. The summed E-state index contributed by atoms with van der Waals surface area (Å²) >= 11 is 0. The van der Waals surface area contributed by atoms with E-state index in [1.54, 1.807) is 0 Å². The first kappa shape index (κ1) is 15.6. The second-order valence-electron chi connectivity index (χ2n) is 5.61. The first-order valence-corrected chi connectivity index (χ1v) is 7.01. The monoisotopic (exact) mass is 290 g/mol. The van der Waals surface area contributed by atoms with E-state index in [1.165, 1.54) is 12.1 Å². The smallest absolute Gasteiger partial charge is 0.162 e. The van der Waals surface area contributed by atoms with Crippen LogP contribution in [0.1, 0.15) is 39.5 Å². The van der Waals surface area contributed by atoms with Crippen LogP contribution in [-0.4, -0.2) is 5.11 Å². The standard InChI is InChI=1S/C18H20F2O/c1-10-8-11(2)13(4)17(12(10)3)16(21)9-14-6-5-7-15(19)18(14)20/h5-8,16,21H,9H2,1-4H3. The lowest BCUT2D eigenvalue weighted by Gasteiger charge is -2.20. The molecule has 3 heteroatoms. The van der Waals surface area contributed by atoms with Crippen LogP contribution in [0.15, 0.2) is 24.3 Å². The molecule has 1 unspecified atom stereocenters. The number of aliphatic hydroxyl groups is 1. The highest BCUT2D eigenvalue weighted by atomic mass is 19.2. The first-order chi connectivity index (χ1) is 9.82. The van der Waals surface area contributed by atoms with Crippen LogP contribution in [0, 0.1) is 39.3 Å². The van der Waals surface area contributed by atoms with E-state index in [-0.39, 0.29) is 12.0 Å². The van der Waals surface area contributed by atoms with Gasteiger partial charge in [0.2, 0.25) is 0 Å². The van der Waals surface area contributed by atoms with Crippen molar-refractivity contribution in [1.29, 1.82) is 0 Å². The molecule has 0 radical (unpaired) electrons. The molecule has 0 aliphatic carbocycles. The van der Waals surface area contributed by atoms with Crippen LogP contribution in [0.4, 0.5) is 8.78 Å². The van der Waals surface area contributed by atoms with Gasteiger partial charge in [-0.25, -0.2) is 8.78 Å². The maximum absolute atomic E-state index is 13.8. The van der Waals surface area contributed by atoms with E-state index in [4.69, 9.17) is 0 Å². The third kappa shape index (κ3) is 2.98. The molecule has 2 aromatic rings. The minimum Gasteiger partial charge on any atom is -0.388 e. The minimum absolute atomic E-state index is 0.0637. The Morgan fingerprint density at radius 1 is 1.00 bits per heavy atom. The van der Waals surface area contributed by atoms with Crippen LogP contribution in [0.2, 0.25) is 0 Å². The van der Waals surface area contributed by atoms with Gasteiger partial charge in [0.15, 0.2) is 11.6 Å². The van der Waals surface area contributed by atoms with Crippen molar-refractivity contribution in [2.75, 3.05) is 0 Å². The van der Waals surface area contributed by atoms with Gasteiger partial charge in [-0.3, -0.25) is 0 Å². The van der Waals surface area contributed by atoms with Gasteiger partial charge in [-0.1, -0.05) is 18.2 Å². The van der Waals surface area contributed by atoms with E-state index in [2.05, 4.69) is 6.07 Å². The molecule has 0 saturated carbocycles. The lowest BCUT2D eigenvalue weighted by molar-refractivity contribution is 0.175. The van der Waals surface area contributed by atoms with Crippen molar-refractivity contribution in [1.82, 2.24) is 0 Å². The van der Waals surface area contributed by atoms with Gasteiger partial charge in [0.05, 0.1) is 6.10 Å². The lowest BCUT2D eigenvalue weighted by Crippen LogP contribution is -2.10. The fraction of sp³-hybridized carbons (Fsp3) is 0.333. The summed E-state index contributed by atoms with van der Waals surface area (Å²) in [5, 5.41) is 10.5. The van der Waals surface area contributed by atoms with Crippen molar-refractivity contribution in [3.8, 4) is 0 Å². The van der Waals surface area contributed by atoms with Gasteiger partial charge in [0.1, 0.15) is 0 Å². The van der Waals surface area contributed by atoms with Crippen molar-refractivity contribution >= 4 is 0 Å². The van der Waals surface area contributed by atoms with Crippen molar-refractivity contribution in [3.63, 3.8) is 0 Å². The molecule has 1 N–H and O–H groups in total. The molecule has 0 saturated heterocycles. The number of aliphatic hydroxyl groups excluding tert-OH is 1. The quantitative estimate of drug-likeness (QED) is 0.884. The zero-order valence-electron chi connectivity index (χ0n) is 12.8. The van der Waals surface area contributed by atoms with E-state index < -0.39 is 17.7 Å². The summed E-state index contributed by atoms with van der Waals surface area (Å²) in [4.78, 5) is 0. The second kappa shape index (κ2) is 5.94. The third-order valence-electron chi connectivity index (χ3n) is 4.20. The molecule has 1 atom stereocenters. The topological polar surface area (TPSA) is 20.2 Å². The molecule has 0 heterocycles. The number of aryl methyl sites for hydroxylation is 2. The van der Waals surface area contributed by atoms with Gasteiger partial charge in [0.25, 0.3) is 0 Å². The molecule has 0 fully saturated rings. The van der Waals surface area contributed by atoms with E-state index in [0.29, 0.717) is 0 Å². The van der Waals surface area contributed by atoms with E-state index in [0.717, 1.165) is 33.9 Å². The van der Waals surface area contributed by atoms with Crippen LogP contribution in [0.5, 0.6) is 0 Å². The molecule has 0 aliphatic heterocycles. The summed E-state index contributed by atoms with van der Waals surface area (Å²) in [5.41, 5.74) is 5.19. The van der Waals surface area contributed by atoms with E-state index in [1.807, 2.05) is 27.7 Å². The maximum Gasteiger partial charge on any atom is 0.162 e. The molecule has 0 bridgehead atoms. The highest BCUT2D eigenvalue weighted by Gasteiger charge is 2.19. The molecule has 2 rings (SSSR count). The molecular weight excluding hydrogens is 270 g/mol. The van der Waals surface area contributed by atoms with Crippen LogP contribution in [0.3, 0.4) is 0 Å². The Morgan fingerprint density at radius 2 is 1.57 bits per heavy atom. The van der Waals surface area contributed by atoms with Gasteiger partial charge in [-0.15, -0.1) is 0 Å². The zero-order chi connectivity index (χ0) is 15.7. The SMILES string of the molecule is Cc1cc(C)c(C)c(C(O)Cc2cccc(F)c2F)c1C. The lowest BCUT2D eigenvalue weighted by atomic mass is 9.88. The summed E-state index contributed by atoms with van der Waals surface area (Å²) in [6.45, 7) is 7.87. The predicted molar refractivity (Wildman–Crippen MR) is 80.4 cm³/mol. The number of hydrogen-bond donors (Lipinski definition) is 1. The highest BCUT2D eigenvalue weighted by Crippen LogP contribution is 2.30. The minimum atomic E-state index is -0.881. The van der Waals surface area contributed by atoms with Crippen molar-refractivity contribution in [3.05, 3.63) is 69.3 Å². The van der Waals surface area contributed by atoms with Gasteiger partial charge in [0, 0.05) is 6.42 Å². The van der Waals surface area contributed by atoms with Gasteiger partial charge >= 0.3 is 0 Å². The number of halogens is 2. The Balaban J connectivity index is 2.42. The number of hydrogen-bond acceptors (Lipinski definition) is 1. The Morgan fingerprint density at radius 3 is 2.14 bits per heavy atom. The van der Waals surface area contributed by atoms with Crippen LogP contribution < -0.4 is 0 Å². The molecule has 0 spiro atoms. The largest absolute Gasteiger partial charge is 0.388 e. The average Bonchev–Trinajstić information content (AvgIpc) is 2.42. The Labute approximate surface area is 124 Å². The summed E-state index contributed by atoms with van der Waals surface area (Å²) in [7, 11) is 0. The average molecular weight is 290 g/mol. The second-order valence-corrected chi connectivity index (χ2v) is 5.61. The van der Waals surface area contributed by atoms with Crippen LogP contribution >= 0.6 is 0 Å². The summed E-state index contributed by atoms with van der Waals surface area (Å²) < 4.78 is 27.0. The fourth-order valence-electron chi connectivity index (χ4n) is 2.76. The van der Waals surface area contributed by atoms with Crippen molar-refractivity contribution in [2.45, 2.75) is 40.2 Å². The molecule has 1 nitrogen and oxygen atoms in total. The Hall–Kier alpha value is -1.74. The normalized spacial score (nSPS) is 12.5. The van der Waals surface area contributed by atoms with Crippen molar-refractivity contribution in [2.24, 2.45) is 0 Å². The third-order valence-corrected chi connectivity index (χ3v) is 4.20. The Bertz CT molecular complexity index is 651. The predicted octanol–water partition coefficient (Wildman–Crippen LogP) is 4.47. The molecule has 0 aromatic heterocycles. The van der Waals surface area contributed by atoms with Crippen LogP contribution in [0.25, 0.3) is 0 Å². The van der Waals surface area contributed by atoms with Gasteiger partial charge in [-0.2, -0.15) is 0 Å². The molecule has 21 heavy (non-hydrogen) atoms. The number of rotatable bonds is 3. The molecule has 0 amide bonds. The van der Waals surface area contributed by atoms with Gasteiger partial charge < -0.3 is 5.11 Å². The number of benzene rings is 2. The zero-order valence-corrected chi connectivity index (χ0v) is 12.8. The summed E-state index contributed by atoms with van der Waals surface area (Å²) in [5.74, 6) is -1.76. The highest BCUT2D eigenvalue weighted by molar-refractivity contribution is 5.45. The van der Waals surface area contributed by atoms with E-state index in [9.17, 15) is 13.9 Å². The van der Waals surface area contributed by atoms with Crippen molar-refractivity contribution < 1.29 is 13.9 Å². The van der Waals surface area contributed by atoms with Crippen LogP contribution in [-0.2, 0) is 6.42 Å². The molecule has 0 aliphatic rings. The van der Waals surface area contributed by atoms with Gasteiger partial charge in [-0.05, 0) is 67.1 Å². The summed E-state index contributed by atoms with van der Waals surface area (Å²) in [6.07, 6.45) is -0.784. The Kier molecular flexibility index (Phi) is 4.43. The molecule has 2 aromatic carbocycles. The first-order valence-electron chi connectivity index (χ1n) is 7.01. The fourth-order valence-corrected chi connectivity index (χ4v) is 2.76.